The minimum absolute atomic E-state index is 0.388. The molecule has 0 amide bonds. The smallest absolute Gasteiger partial charge is 0.199 e. The van der Waals surface area contributed by atoms with Crippen LogP contribution in [0.25, 0.3) is 0 Å². The van der Waals surface area contributed by atoms with Gasteiger partial charge >= 0.3 is 0 Å². The van der Waals surface area contributed by atoms with E-state index in [0.29, 0.717) is 5.92 Å². The lowest BCUT2D eigenvalue weighted by Gasteiger charge is -2.18. The van der Waals surface area contributed by atoms with Crippen LogP contribution in [0.1, 0.15) is 24.7 Å². The molecule has 0 bridgehead atoms. The van der Waals surface area contributed by atoms with Crippen LogP contribution in [0.2, 0.25) is 0 Å². The second-order valence-corrected chi connectivity index (χ2v) is 2.78. The molecule has 3 heteroatoms. The summed E-state index contributed by atoms with van der Waals surface area (Å²) >= 11 is 0. The summed E-state index contributed by atoms with van der Waals surface area (Å²) < 4.78 is 10.5. The van der Waals surface area contributed by atoms with Gasteiger partial charge in [-0.15, -0.1) is 0 Å². The van der Waals surface area contributed by atoms with Crippen LogP contribution in [0.3, 0.4) is 0 Å². The average Bonchev–Trinajstić information content (AvgIpc) is 2.58. The number of aromatic nitrogens is 1. The third kappa shape index (κ3) is 1.43. The first kappa shape index (κ1) is 6.85. The van der Waals surface area contributed by atoms with Crippen LogP contribution >= 0.6 is 0 Å². The van der Waals surface area contributed by atoms with Crippen molar-refractivity contribution >= 4 is 0 Å². The number of rotatable bonds is 1. The Hall–Kier alpha value is -0.830. The first-order valence-corrected chi connectivity index (χ1v) is 3.94. The summed E-state index contributed by atoms with van der Waals surface area (Å²) in [5.74, 6) is 1.21. The zero-order chi connectivity index (χ0) is 7.52. The van der Waals surface area contributed by atoms with E-state index in [9.17, 15) is 0 Å². The maximum atomic E-state index is 5.31. The van der Waals surface area contributed by atoms with Crippen molar-refractivity contribution in [1.29, 1.82) is 0 Å². The molecule has 2 heterocycles. The molecule has 0 aliphatic carbocycles. The predicted octanol–water partition coefficient (Wildman–Crippen LogP) is 1.57. The summed E-state index contributed by atoms with van der Waals surface area (Å²) in [6.07, 6.45) is 5.56. The number of nitrogens with zero attached hydrogens (tertiary/aromatic N) is 1. The highest BCUT2D eigenvalue weighted by molar-refractivity contribution is 4.92. The SMILES string of the molecule is c1coc(C2CCCOC2)n1. The Morgan fingerprint density at radius 3 is 3.18 bits per heavy atom. The maximum absolute atomic E-state index is 5.31. The van der Waals surface area contributed by atoms with Crippen LogP contribution < -0.4 is 0 Å². The number of hydrogen-bond donors (Lipinski definition) is 0. The Morgan fingerprint density at radius 1 is 1.55 bits per heavy atom. The molecular formula is C8H11NO2. The van der Waals surface area contributed by atoms with Crippen LogP contribution in [0.5, 0.6) is 0 Å². The summed E-state index contributed by atoms with van der Waals surface area (Å²) in [4.78, 5) is 4.09. The summed E-state index contributed by atoms with van der Waals surface area (Å²) in [5.41, 5.74) is 0. The van der Waals surface area contributed by atoms with Gasteiger partial charge in [0, 0.05) is 6.61 Å². The van der Waals surface area contributed by atoms with Crippen molar-refractivity contribution in [2.75, 3.05) is 13.2 Å². The van der Waals surface area contributed by atoms with E-state index in [1.807, 2.05) is 0 Å². The molecule has 11 heavy (non-hydrogen) atoms. The van der Waals surface area contributed by atoms with E-state index in [-0.39, 0.29) is 0 Å². The number of ether oxygens (including phenoxy) is 1. The average molecular weight is 153 g/mol. The first-order valence-electron chi connectivity index (χ1n) is 3.94. The molecule has 1 aliphatic heterocycles. The Kier molecular flexibility index (Phi) is 1.90. The van der Waals surface area contributed by atoms with Crippen LogP contribution in [0.4, 0.5) is 0 Å². The van der Waals surface area contributed by atoms with Crippen molar-refractivity contribution in [3.63, 3.8) is 0 Å². The van der Waals surface area contributed by atoms with E-state index >= 15 is 0 Å². The normalized spacial score (nSPS) is 25.3. The summed E-state index contributed by atoms with van der Waals surface area (Å²) in [5, 5.41) is 0. The summed E-state index contributed by atoms with van der Waals surface area (Å²) in [6.45, 7) is 1.65. The van der Waals surface area contributed by atoms with Crippen molar-refractivity contribution in [2.24, 2.45) is 0 Å². The molecule has 2 rings (SSSR count). The van der Waals surface area contributed by atoms with E-state index in [2.05, 4.69) is 4.98 Å². The molecule has 3 nitrogen and oxygen atoms in total. The lowest BCUT2D eigenvalue weighted by atomic mass is 10.0. The molecule has 0 N–H and O–H groups in total. The molecular weight excluding hydrogens is 142 g/mol. The molecule has 1 aromatic rings. The number of hydrogen-bond acceptors (Lipinski definition) is 3. The van der Waals surface area contributed by atoms with Gasteiger partial charge in [-0.25, -0.2) is 4.98 Å². The third-order valence-electron chi connectivity index (χ3n) is 1.96. The highest BCUT2D eigenvalue weighted by Gasteiger charge is 2.19. The van der Waals surface area contributed by atoms with Gasteiger partial charge in [-0.1, -0.05) is 0 Å². The van der Waals surface area contributed by atoms with Gasteiger partial charge in [-0.2, -0.15) is 0 Å². The van der Waals surface area contributed by atoms with Crippen molar-refractivity contribution in [3.8, 4) is 0 Å². The Labute approximate surface area is 65.4 Å². The Balaban J connectivity index is 2.04. The monoisotopic (exact) mass is 153 g/mol. The molecule has 0 radical (unpaired) electrons. The van der Waals surface area contributed by atoms with Crippen LogP contribution in [-0.4, -0.2) is 18.2 Å². The summed E-state index contributed by atoms with van der Waals surface area (Å²) in [6, 6.07) is 0. The summed E-state index contributed by atoms with van der Waals surface area (Å²) in [7, 11) is 0. The molecule has 0 spiro atoms. The van der Waals surface area contributed by atoms with E-state index in [1.165, 1.54) is 0 Å². The second-order valence-electron chi connectivity index (χ2n) is 2.78. The quantitative estimate of drug-likeness (QED) is 0.614. The van der Waals surface area contributed by atoms with Crippen LogP contribution in [0, 0.1) is 0 Å². The minimum atomic E-state index is 0.388. The Bertz CT molecular complexity index is 202. The first-order chi connectivity index (χ1) is 5.47. The van der Waals surface area contributed by atoms with Gasteiger partial charge in [0.1, 0.15) is 6.26 Å². The lowest BCUT2D eigenvalue weighted by Crippen LogP contribution is -2.15. The topological polar surface area (TPSA) is 35.3 Å². The number of oxazole rings is 1. The molecule has 1 aromatic heterocycles. The molecule has 1 atom stereocenters. The van der Waals surface area contributed by atoms with Crippen LogP contribution in [-0.2, 0) is 4.74 Å². The molecule has 1 aliphatic rings. The van der Waals surface area contributed by atoms with E-state index in [1.54, 1.807) is 12.5 Å². The molecule has 0 aromatic carbocycles. The van der Waals surface area contributed by atoms with Gasteiger partial charge < -0.3 is 9.15 Å². The zero-order valence-electron chi connectivity index (χ0n) is 6.32. The third-order valence-corrected chi connectivity index (χ3v) is 1.96. The van der Waals surface area contributed by atoms with Crippen molar-refractivity contribution in [3.05, 3.63) is 18.4 Å². The minimum Gasteiger partial charge on any atom is -0.449 e. The highest BCUT2D eigenvalue weighted by Crippen LogP contribution is 2.23. The van der Waals surface area contributed by atoms with Crippen LogP contribution in [0.15, 0.2) is 16.9 Å². The van der Waals surface area contributed by atoms with E-state index in [4.69, 9.17) is 9.15 Å². The molecule has 60 valence electrons. The van der Waals surface area contributed by atoms with Crippen molar-refractivity contribution in [2.45, 2.75) is 18.8 Å². The maximum Gasteiger partial charge on any atom is 0.199 e. The van der Waals surface area contributed by atoms with Gasteiger partial charge in [0.05, 0.1) is 18.7 Å². The molecule has 1 saturated heterocycles. The van der Waals surface area contributed by atoms with E-state index in [0.717, 1.165) is 31.9 Å². The fourth-order valence-electron chi connectivity index (χ4n) is 1.37. The molecule has 1 fully saturated rings. The van der Waals surface area contributed by atoms with Gasteiger partial charge in [0.25, 0.3) is 0 Å². The van der Waals surface area contributed by atoms with Crippen molar-refractivity contribution in [1.82, 2.24) is 4.98 Å². The van der Waals surface area contributed by atoms with Gasteiger partial charge in [-0.3, -0.25) is 0 Å². The van der Waals surface area contributed by atoms with Gasteiger partial charge in [-0.05, 0) is 12.8 Å². The second kappa shape index (κ2) is 3.05. The fraction of sp³-hybridized carbons (Fsp3) is 0.625. The standard InChI is InChI=1S/C8H11NO2/c1-2-7(6-10-4-1)8-9-3-5-11-8/h3,5,7H,1-2,4,6H2. The lowest BCUT2D eigenvalue weighted by molar-refractivity contribution is 0.0725. The Morgan fingerprint density at radius 2 is 2.55 bits per heavy atom. The zero-order valence-corrected chi connectivity index (χ0v) is 6.32. The largest absolute Gasteiger partial charge is 0.449 e. The van der Waals surface area contributed by atoms with Gasteiger partial charge in [0.15, 0.2) is 5.89 Å². The fourth-order valence-corrected chi connectivity index (χ4v) is 1.37. The van der Waals surface area contributed by atoms with Crippen molar-refractivity contribution < 1.29 is 9.15 Å². The predicted molar refractivity (Wildman–Crippen MR) is 39.3 cm³/mol. The molecule has 1 unspecified atom stereocenters. The molecule has 0 saturated carbocycles. The highest BCUT2D eigenvalue weighted by atomic mass is 16.5. The van der Waals surface area contributed by atoms with Gasteiger partial charge in [0.2, 0.25) is 0 Å². The van der Waals surface area contributed by atoms with E-state index < -0.39 is 0 Å².